The maximum atomic E-state index is 11.2. The highest BCUT2D eigenvalue weighted by Gasteiger charge is 2.14. The third-order valence-electron chi connectivity index (χ3n) is 4.28. The molecule has 0 fully saturated rings. The van der Waals surface area contributed by atoms with Crippen LogP contribution in [0.3, 0.4) is 0 Å². The minimum Gasteiger partial charge on any atom is -0.507 e. The first-order chi connectivity index (χ1) is 14.1. The van der Waals surface area contributed by atoms with Gasteiger partial charge in [0.25, 0.3) is 0 Å². The maximum Gasteiger partial charge on any atom is 0.221 e. The van der Waals surface area contributed by atoms with Crippen LogP contribution < -0.4 is 5.32 Å². The van der Waals surface area contributed by atoms with Crippen LogP contribution in [-0.2, 0) is 4.79 Å². The van der Waals surface area contributed by atoms with E-state index in [9.17, 15) is 9.90 Å². The number of hydrogen-bond donors (Lipinski definition) is 2. The number of benzene rings is 3. The van der Waals surface area contributed by atoms with Crippen LogP contribution in [-0.4, -0.2) is 26.0 Å². The van der Waals surface area contributed by atoms with Crippen LogP contribution in [0.1, 0.15) is 6.92 Å². The van der Waals surface area contributed by atoms with E-state index in [4.69, 9.17) is 0 Å². The molecular weight excluding hydrogens is 364 g/mol. The molecule has 0 bridgehead atoms. The maximum absolute atomic E-state index is 11.2. The van der Waals surface area contributed by atoms with Gasteiger partial charge in [-0.05, 0) is 36.4 Å². The van der Waals surface area contributed by atoms with Crippen molar-refractivity contribution < 1.29 is 9.90 Å². The lowest BCUT2D eigenvalue weighted by molar-refractivity contribution is -0.114. The second kappa shape index (κ2) is 7.90. The summed E-state index contributed by atoms with van der Waals surface area (Å²) in [6.45, 7) is 1.46. The summed E-state index contributed by atoms with van der Waals surface area (Å²) in [6.07, 6.45) is 0. The molecule has 4 aromatic rings. The largest absolute Gasteiger partial charge is 0.507 e. The highest BCUT2D eigenvalue weighted by molar-refractivity contribution is 5.88. The van der Waals surface area contributed by atoms with Crippen molar-refractivity contribution in [2.75, 3.05) is 5.32 Å². The monoisotopic (exact) mass is 382 g/mol. The van der Waals surface area contributed by atoms with E-state index in [2.05, 4.69) is 20.3 Å². The van der Waals surface area contributed by atoms with E-state index < -0.39 is 0 Å². The Kier molecular flexibility index (Phi) is 4.99. The van der Waals surface area contributed by atoms with Crippen molar-refractivity contribution in [3.05, 3.63) is 78.9 Å². The third kappa shape index (κ3) is 4.11. The number of hydrogen-bond acceptors (Lipinski definition) is 5. The smallest absolute Gasteiger partial charge is 0.221 e. The summed E-state index contributed by atoms with van der Waals surface area (Å²) in [7, 11) is 0. The Balaban J connectivity index is 1.84. The zero-order valence-electron chi connectivity index (χ0n) is 15.7. The van der Waals surface area contributed by atoms with Gasteiger partial charge in [-0.15, -0.1) is 0 Å². The first kappa shape index (κ1) is 18.3. The Morgan fingerprint density at radius 1 is 0.724 bits per heavy atom. The number of aromatic hydroxyl groups is 1. The van der Waals surface area contributed by atoms with Crippen LogP contribution in [0, 0.1) is 0 Å². The van der Waals surface area contributed by atoms with E-state index >= 15 is 0 Å². The average Bonchev–Trinajstić information content (AvgIpc) is 2.74. The molecule has 0 atom stereocenters. The fraction of sp³-hybridized carbons (Fsp3) is 0.0435. The van der Waals surface area contributed by atoms with Crippen molar-refractivity contribution in [3.8, 4) is 39.9 Å². The normalized spacial score (nSPS) is 10.5. The van der Waals surface area contributed by atoms with Crippen molar-refractivity contribution in [3.63, 3.8) is 0 Å². The van der Waals surface area contributed by atoms with E-state index in [-0.39, 0.29) is 11.7 Å². The zero-order valence-corrected chi connectivity index (χ0v) is 15.7. The van der Waals surface area contributed by atoms with E-state index in [0.29, 0.717) is 28.7 Å². The number of anilines is 1. The fourth-order valence-corrected chi connectivity index (χ4v) is 2.91. The Morgan fingerprint density at radius 2 is 1.28 bits per heavy atom. The molecule has 1 aromatic heterocycles. The van der Waals surface area contributed by atoms with Crippen LogP contribution >= 0.6 is 0 Å². The Labute approximate surface area is 167 Å². The van der Waals surface area contributed by atoms with Crippen LogP contribution in [0.15, 0.2) is 78.9 Å². The molecule has 4 rings (SSSR count). The van der Waals surface area contributed by atoms with Gasteiger partial charge in [-0.2, -0.15) is 0 Å². The third-order valence-corrected chi connectivity index (χ3v) is 4.28. The van der Waals surface area contributed by atoms with E-state index in [0.717, 1.165) is 11.1 Å². The van der Waals surface area contributed by atoms with Crippen molar-refractivity contribution >= 4 is 11.6 Å². The lowest BCUT2D eigenvalue weighted by atomic mass is 10.1. The van der Waals surface area contributed by atoms with E-state index in [1.54, 1.807) is 30.3 Å². The van der Waals surface area contributed by atoms with Crippen molar-refractivity contribution in [2.24, 2.45) is 0 Å². The molecule has 1 heterocycles. The number of carbonyl (C=O) groups excluding carboxylic acids is 1. The molecule has 142 valence electrons. The van der Waals surface area contributed by atoms with Gasteiger partial charge < -0.3 is 10.4 Å². The lowest BCUT2D eigenvalue weighted by Gasteiger charge is -2.09. The summed E-state index contributed by atoms with van der Waals surface area (Å²) in [5.41, 5.74) is 2.85. The topological polar surface area (TPSA) is 88.0 Å². The summed E-state index contributed by atoms with van der Waals surface area (Å²) < 4.78 is 0. The molecule has 0 aliphatic carbocycles. The Morgan fingerprint density at radius 3 is 1.90 bits per heavy atom. The van der Waals surface area contributed by atoms with Crippen LogP contribution in [0.4, 0.5) is 5.69 Å². The molecule has 0 saturated heterocycles. The second-order valence-electron chi connectivity index (χ2n) is 6.45. The van der Waals surface area contributed by atoms with Gasteiger partial charge in [-0.3, -0.25) is 4.79 Å². The number of aromatic nitrogens is 3. The molecule has 0 unspecified atom stereocenters. The molecule has 0 spiro atoms. The van der Waals surface area contributed by atoms with Gasteiger partial charge in [0.2, 0.25) is 5.91 Å². The van der Waals surface area contributed by atoms with Gasteiger partial charge >= 0.3 is 0 Å². The quantitative estimate of drug-likeness (QED) is 0.541. The summed E-state index contributed by atoms with van der Waals surface area (Å²) in [5.74, 6) is 1.35. The number of nitrogens with one attached hydrogen (secondary N) is 1. The van der Waals surface area contributed by atoms with Gasteiger partial charge in [-0.1, -0.05) is 42.5 Å². The molecule has 6 nitrogen and oxygen atoms in total. The first-order valence-electron chi connectivity index (χ1n) is 9.08. The molecule has 0 aliphatic rings. The van der Waals surface area contributed by atoms with Crippen molar-refractivity contribution in [1.82, 2.24) is 15.0 Å². The standard InChI is InChI=1S/C23H18N4O2/c1-15(28)24-18-13-11-17(12-14-18)22-25-21(16-7-3-2-4-8-16)26-23(27-22)19-9-5-6-10-20(19)29/h2-14,29H,1H3,(H,24,28). The number of phenols is 1. The van der Waals surface area contributed by atoms with Crippen LogP contribution in [0.5, 0.6) is 5.75 Å². The number of para-hydroxylation sites is 1. The predicted molar refractivity (Wildman–Crippen MR) is 112 cm³/mol. The molecule has 29 heavy (non-hydrogen) atoms. The summed E-state index contributed by atoms with van der Waals surface area (Å²) in [4.78, 5) is 25.0. The van der Waals surface area contributed by atoms with Gasteiger partial charge in [0.05, 0.1) is 5.56 Å². The van der Waals surface area contributed by atoms with Gasteiger partial charge in [0, 0.05) is 23.7 Å². The molecule has 6 heteroatoms. The Bertz CT molecular complexity index is 1160. The molecule has 2 N–H and O–H groups in total. The molecule has 0 aliphatic heterocycles. The lowest BCUT2D eigenvalue weighted by Crippen LogP contribution is -2.05. The number of nitrogens with zero attached hydrogens (tertiary/aromatic N) is 3. The SMILES string of the molecule is CC(=O)Nc1ccc(-c2nc(-c3ccccc3)nc(-c3ccccc3O)n2)cc1. The van der Waals surface area contributed by atoms with Gasteiger partial charge in [-0.25, -0.2) is 15.0 Å². The summed E-state index contributed by atoms with van der Waals surface area (Å²) >= 11 is 0. The first-order valence-corrected chi connectivity index (χ1v) is 9.08. The molecule has 1 amide bonds. The second-order valence-corrected chi connectivity index (χ2v) is 6.45. The molecule has 0 saturated carbocycles. The number of phenolic OH excluding ortho intramolecular Hbond substituents is 1. The average molecular weight is 382 g/mol. The summed E-state index contributed by atoms with van der Waals surface area (Å²) in [6, 6.07) is 23.8. The highest BCUT2D eigenvalue weighted by atomic mass is 16.3. The molecular formula is C23H18N4O2. The minimum atomic E-state index is -0.133. The van der Waals surface area contributed by atoms with E-state index in [1.807, 2.05) is 48.5 Å². The van der Waals surface area contributed by atoms with Crippen LogP contribution in [0.2, 0.25) is 0 Å². The minimum absolute atomic E-state index is 0.102. The molecule has 0 radical (unpaired) electrons. The van der Waals surface area contributed by atoms with Crippen molar-refractivity contribution in [1.29, 1.82) is 0 Å². The zero-order chi connectivity index (χ0) is 20.2. The van der Waals surface area contributed by atoms with Gasteiger partial charge in [0.1, 0.15) is 5.75 Å². The number of rotatable bonds is 4. The van der Waals surface area contributed by atoms with Gasteiger partial charge in [0.15, 0.2) is 17.5 Å². The molecule has 3 aromatic carbocycles. The summed E-state index contributed by atoms with van der Waals surface area (Å²) in [5, 5.41) is 13.0. The number of carbonyl (C=O) groups is 1. The highest BCUT2D eigenvalue weighted by Crippen LogP contribution is 2.29. The van der Waals surface area contributed by atoms with Crippen LogP contribution in [0.25, 0.3) is 34.2 Å². The fourth-order valence-electron chi connectivity index (χ4n) is 2.91. The Hall–Kier alpha value is -4.06. The van der Waals surface area contributed by atoms with E-state index in [1.165, 1.54) is 6.92 Å². The van der Waals surface area contributed by atoms with Crippen molar-refractivity contribution in [2.45, 2.75) is 6.92 Å². The predicted octanol–water partition coefficient (Wildman–Crippen LogP) is 4.54. The number of amides is 1.